The standard InChI is InChI=1S/C28H29N7O7/c1-17(2)27(37)41-10-8-34(9-11-42-28(38)18(3)4)22-6-7-24(25(14-22)31-19(5)36)32-33-26-20(15-29)12-23(35(39)40)13-21(26)16-30/h6-7,12-14,32-33H,1,3,8-11H2,2,4-5H3,(H,31,36)/p+1. The van der Waals surface area contributed by atoms with Gasteiger partial charge < -0.3 is 19.7 Å². The van der Waals surface area contributed by atoms with Crippen LogP contribution in [0.15, 0.2) is 54.6 Å². The number of rotatable bonds is 14. The molecule has 0 aromatic heterocycles. The van der Waals surface area contributed by atoms with Gasteiger partial charge in [0.2, 0.25) is 5.91 Å². The molecule has 218 valence electrons. The molecule has 0 fully saturated rings. The van der Waals surface area contributed by atoms with Gasteiger partial charge in [0, 0.05) is 42.0 Å². The van der Waals surface area contributed by atoms with Gasteiger partial charge in [-0.05, 0) is 26.0 Å². The highest BCUT2D eigenvalue weighted by Crippen LogP contribution is 2.28. The Hall–Kier alpha value is -5.73. The molecule has 14 nitrogen and oxygen atoms in total. The molecule has 4 N–H and O–H groups in total. The molecule has 0 bridgehead atoms. The molecule has 0 spiro atoms. The lowest BCUT2D eigenvalue weighted by Gasteiger charge is -2.25. The summed E-state index contributed by atoms with van der Waals surface area (Å²) in [7, 11) is 0. The quantitative estimate of drug-likeness (QED) is 0.0744. The van der Waals surface area contributed by atoms with E-state index >= 15 is 0 Å². The van der Waals surface area contributed by atoms with Gasteiger partial charge in [0.05, 0.1) is 29.1 Å². The topological polar surface area (TPSA) is 204 Å². The van der Waals surface area contributed by atoms with Crippen LogP contribution in [0.2, 0.25) is 0 Å². The zero-order valence-corrected chi connectivity index (χ0v) is 23.4. The lowest BCUT2D eigenvalue weighted by atomic mass is 10.1. The van der Waals surface area contributed by atoms with Gasteiger partial charge in [-0.15, -0.1) is 0 Å². The number of ether oxygens (including phenoxy) is 2. The zero-order chi connectivity index (χ0) is 31.4. The Labute approximate surface area is 241 Å². The number of hydrogen-bond donors (Lipinski definition) is 3. The number of esters is 2. The van der Waals surface area contributed by atoms with Crippen LogP contribution >= 0.6 is 0 Å². The van der Waals surface area contributed by atoms with E-state index in [0.717, 1.165) is 12.1 Å². The summed E-state index contributed by atoms with van der Waals surface area (Å²) in [6.07, 6.45) is 0. The Morgan fingerprint density at radius 2 is 1.50 bits per heavy atom. The van der Waals surface area contributed by atoms with Gasteiger partial charge in [0.25, 0.3) is 5.69 Å². The first-order valence-electron chi connectivity index (χ1n) is 12.4. The summed E-state index contributed by atoms with van der Waals surface area (Å²) in [6.45, 7) is 11.9. The largest absolute Gasteiger partial charge is 0.460 e. The molecule has 42 heavy (non-hydrogen) atoms. The Kier molecular flexibility index (Phi) is 11.7. The number of amides is 1. The van der Waals surface area contributed by atoms with Crippen molar-refractivity contribution in [3.8, 4) is 12.1 Å². The molecule has 0 heterocycles. The van der Waals surface area contributed by atoms with E-state index in [0.29, 0.717) is 17.1 Å². The Bertz CT molecular complexity index is 1440. The molecule has 1 amide bonds. The van der Waals surface area contributed by atoms with Gasteiger partial charge in [-0.2, -0.15) is 10.5 Å². The number of quaternary nitrogens is 1. The van der Waals surface area contributed by atoms with Crippen molar-refractivity contribution in [2.75, 3.05) is 41.9 Å². The first-order chi connectivity index (χ1) is 19.9. The summed E-state index contributed by atoms with van der Waals surface area (Å²) in [5.41, 5.74) is 5.57. The lowest BCUT2D eigenvalue weighted by molar-refractivity contribution is -0.537. The van der Waals surface area contributed by atoms with E-state index in [-0.39, 0.29) is 60.2 Å². The van der Waals surface area contributed by atoms with Crippen LogP contribution in [0.1, 0.15) is 31.9 Å². The predicted octanol–water partition coefficient (Wildman–Crippen LogP) is 2.56. The van der Waals surface area contributed by atoms with E-state index in [1.165, 1.54) is 26.2 Å². The first-order valence-corrected chi connectivity index (χ1v) is 12.4. The highest BCUT2D eigenvalue weighted by atomic mass is 16.6. The summed E-state index contributed by atoms with van der Waals surface area (Å²) in [6, 6.07) is 10.8. The number of nitrogens with two attached hydrogens (primary N) is 1. The number of carbonyl (C=O) groups is 3. The van der Waals surface area contributed by atoms with Crippen LogP contribution in [0.4, 0.5) is 28.4 Å². The average molecular weight is 577 g/mol. The molecule has 0 saturated carbocycles. The van der Waals surface area contributed by atoms with E-state index in [9.17, 15) is 35.0 Å². The fourth-order valence-electron chi connectivity index (χ4n) is 3.49. The Balaban J connectivity index is 2.38. The van der Waals surface area contributed by atoms with Crippen LogP contribution in [0.3, 0.4) is 0 Å². The number of anilines is 3. The number of hydrogen-bond acceptors (Lipinski definition) is 11. The zero-order valence-electron chi connectivity index (χ0n) is 23.4. The molecule has 0 aliphatic carbocycles. The van der Waals surface area contributed by atoms with E-state index < -0.39 is 22.5 Å². The summed E-state index contributed by atoms with van der Waals surface area (Å²) in [5, 5.41) is 32.9. The monoisotopic (exact) mass is 576 g/mol. The normalized spacial score (nSPS) is 9.93. The molecule has 0 unspecified atom stereocenters. The highest BCUT2D eigenvalue weighted by Gasteiger charge is 2.20. The van der Waals surface area contributed by atoms with Crippen molar-refractivity contribution in [2.45, 2.75) is 20.8 Å². The fourth-order valence-corrected chi connectivity index (χ4v) is 3.49. The van der Waals surface area contributed by atoms with Crippen LogP contribution in [-0.4, -0.2) is 49.1 Å². The number of nitro groups is 1. The molecular weight excluding hydrogens is 546 g/mol. The maximum atomic E-state index is 12.0. The lowest BCUT2D eigenvalue weighted by Crippen LogP contribution is -2.83. The summed E-state index contributed by atoms with van der Waals surface area (Å²) in [4.78, 5) is 47.9. The number of nitriles is 2. The second kappa shape index (κ2) is 15.2. The van der Waals surface area contributed by atoms with Gasteiger partial charge in [0.15, 0.2) is 5.69 Å². The van der Waals surface area contributed by atoms with E-state index in [1.807, 2.05) is 12.1 Å². The van der Waals surface area contributed by atoms with Crippen molar-refractivity contribution in [1.82, 2.24) is 0 Å². The smallest absolute Gasteiger partial charge is 0.333 e. The third-order valence-electron chi connectivity index (χ3n) is 5.55. The van der Waals surface area contributed by atoms with E-state index in [1.54, 1.807) is 23.1 Å². The second-order valence-electron chi connectivity index (χ2n) is 8.96. The number of nitro benzene ring substituents is 1. The van der Waals surface area contributed by atoms with Crippen LogP contribution in [0, 0.1) is 32.8 Å². The number of benzene rings is 2. The second-order valence-corrected chi connectivity index (χ2v) is 8.96. The van der Waals surface area contributed by atoms with Crippen LogP contribution < -0.4 is 21.1 Å². The molecule has 0 saturated heterocycles. The third kappa shape index (κ3) is 9.18. The average Bonchev–Trinajstić information content (AvgIpc) is 2.94. The summed E-state index contributed by atoms with van der Waals surface area (Å²) >= 11 is 0. The Morgan fingerprint density at radius 1 is 0.976 bits per heavy atom. The molecule has 2 aromatic carbocycles. The van der Waals surface area contributed by atoms with Crippen molar-refractivity contribution < 1.29 is 34.2 Å². The number of nitrogens with zero attached hydrogens (tertiary/aromatic N) is 4. The number of nitrogen functional groups attached to an aromatic ring is 1. The highest BCUT2D eigenvalue weighted by molar-refractivity contribution is 5.92. The fraction of sp³-hybridized carbons (Fsp3) is 0.250. The van der Waals surface area contributed by atoms with Gasteiger partial charge in [-0.25, -0.2) is 20.4 Å². The minimum atomic E-state index is -0.701. The van der Waals surface area contributed by atoms with Crippen LogP contribution in [0.25, 0.3) is 0 Å². The van der Waals surface area contributed by atoms with Gasteiger partial charge in [-0.1, -0.05) is 13.2 Å². The first kappa shape index (κ1) is 32.5. The third-order valence-corrected chi connectivity index (χ3v) is 5.55. The molecule has 14 heteroatoms. The van der Waals surface area contributed by atoms with Gasteiger partial charge in [0.1, 0.15) is 36.7 Å². The maximum absolute atomic E-state index is 12.0. The maximum Gasteiger partial charge on any atom is 0.333 e. The van der Waals surface area contributed by atoms with Crippen molar-refractivity contribution in [3.05, 3.63) is 75.9 Å². The molecule has 0 aliphatic rings. The van der Waals surface area contributed by atoms with Crippen molar-refractivity contribution in [1.29, 1.82) is 10.5 Å². The summed E-state index contributed by atoms with van der Waals surface area (Å²) in [5.74, 6) is -1.50. The molecule has 2 aromatic rings. The summed E-state index contributed by atoms with van der Waals surface area (Å²) < 4.78 is 10.4. The molecule has 2 rings (SSSR count). The molecular formula is C28H30N7O7+. The number of non-ortho nitro benzene ring substituents is 1. The minimum absolute atomic E-state index is 0.000947. The minimum Gasteiger partial charge on any atom is -0.460 e. The van der Waals surface area contributed by atoms with Crippen LogP contribution in [0.5, 0.6) is 0 Å². The molecule has 0 radical (unpaired) electrons. The number of carbonyl (C=O) groups excluding carboxylic acids is 3. The molecule has 0 atom stereocenters. The van der Waals surface area contributed by atoms with E-state index in [4.69, 9.17) is 9.47 Å². The molecule has 0 aliphatic heterocycles. The van der Waals surface area contributed by atoms with Gasteiger partial charge in [-0.3, -0.25) is 14.9 Å². The van der Waals surface area contributed by atoms with Crippen LogP contribution in [-0.2, 0) is 23.9 Å². The van der Waals surface area contributed by atoms with Crippen molar-refractivity contribution in [3.63, 3.8) is 0 Å². The van der Waals surface area contributed by atoms with Crippen molar-refractivity contribution in [2.24, 2.45) is 0 Å². The van der Waals surface area contributed by atoms with Crippen molar-refractivity contribution >= 4 is 46.3 Å². The number of nitrogens with one attached hydrogen (secondary N) is 2. The predicted molar refractivity (Wildman–Crippen MR) is 152 cm³/mol. The SMILES string of the molecule is C=C(C)C(=O)OCCN(CCOC(=O)C(=C)C)c1ccc([NH2+]Nc2c(C#N)cc([N+](=O)[O-])cc2C#N)c(NC(C)=O)c1. The van der Waals surface area contributed by atoms with E-state index in [2.05, 4.69) is 23.9 Å². The Morgan fingerprint density at radius 3 is 1.93 bits per heavy atom. The van der Waals surface area contributed by atoms with Gasteiger partial charge >= 0.3 is 11.9 Å².